The summed E-state index contributed by atoms with van der Waals surface area (Å²) >= 11 is 0. The molecule has 3 N–H and O–H groups in total. The average molecular weight is 367 g/mol. The highest BCUT2D eigenvalue weighted by atomic mass is 16.2. The SMILES string of the molecule is CC(=O)Nc1ccc(NC(=O)CC(=O)Nc2ccc(C(C)(C)C)cc2)cc1. The zero-order valence-electron chi connectivity index (χ0n) is 16.1. The van der Waals surface area contributed by atoms with Gasteiger partial charge in [0.25, 0.3) is 0 Å². The zero-order chi connectivity index (χ0) is 20.0. The van der Waals surface area contributed by atoms with Crippen LogP contribution in [0, 0.1) is 0 Å². The number of hydrogen-bond acceptors (Lipinski definition) is 3. The second-order valence-electron chi connectivity index (χ2n) is 7.36. The van der Waals surface area contributed by atoms with Gasteiger partial charge < -0.3 is 16.0 Å². The summed E-state index contributed by atoms with van der Waals surface area (Å²) in [5, 5.41) is 8.02. The van der Waals surface area contributed by atoms with Crippen molar-refractivity contribution in [3.63, 3.8) is 0 Å². The summed E-state index contributed by atoms with van der Waals surface area (Å²) in [7, 11) is 0. The van der Waals surface area contributed by atoms with Crippen molar-refractivity contribution in [3.8, 4) is 0 Å². The molecule has 0 saturated heterocycles. The molecule has 0 aromatic heterocycles. The highest BCUT2D eigenvalue weighted by Gasteiger charge is 2.14. The maximum absolute atomic E-state index is 12.1. The van der Waals surface area contributed by atoms with E-state index in [1.54, 1.807) is 24.3 Å². The molecule has 3 amide bonds. The normalized spacial score (nSPS) is 10.8. The summed E-state index contributed by atoms with van der Waals surface area (Å²) < 4.78 is 0. The van der Waals surface area contributed by atoms with Gasteiger partial charge in [-0.05, 0) is 47.4 Å². The van der Waals surface area contributed by atoms with Gasteiger partial charge in [-0.25, -0.2) is 0 Å². The van der Waals surface area contributed by atoms with Crippen molar-refractivity contribution < 1.29 is 14.4 Å². The van der Waals surface area contributed by atoms with Crippen LogP contribution in [0.4, 0.5) is 17.1 Å². The van der Waals surface area contributed by atoms with Crippen LogP contribution < -0.4 is 16.0 Å². The maximum Gasteiger partial charge on any atom is 0.233 e. The molecule has 0 unspecified atom stereocenters. The molecule has 0 saturated carbocycles. The number of anilines is 3. The summed E-state index contributed by atoms with van der Waals surface area (Å²) in [4.78, 5) is 35.1. The van der Waals surface area contributed by atoms with Crippen LogP contribution in [0.2, 0.25) is 0 Å². The molecular weight excluding hydrogens is 342 g/mol. The Bertz CT molecular complexity index is 819. The molecule has 0 bridgehead atoms. The van der Waals surface area contributed by atoms with Crippen molar-refractivity contribution in [2.75, 3.05) is 16.0 Å². The van der Waals surface area contributed by atoms with E-state index >= 15 is 0 Å². The average Bonchev–Trinajstić information content (AvgIpc) is 2.55. The van der Waals surface area contributed by atoms with Crippen molar-refractivity contribution in [1.29, 1.82) is 0 Å². The summed E-state index contributed by atoms with van der Waals surface area (Å²) in [5.74, 6) is -0.962. The lowest BCUT2D eigenvalue weighted by Gasteiger charge is -2.19. The fourth-order valence-corrected chi connectivity index (χ4v) is 2.45. The Labute approximate surface area is 159 Å². The third kappa shape index (κ3) is 6.58. The Kier molecular flexibility index (Phi) is 6.34. The third-order valence-corrected chi connectivity index (χ3v) is 3.84. The molecule has 0 aliphatic carbocycles. The van der Waals surface area contributed by atoms with Crippen molar-refractivity contribution in [2.45, 2.75) is 39.5 Å². The van der Waals surface area contributed by atoms with E-state index < -0.39 is 5.91 Å². The smallest absolute Gasteiger partial charge is 0.233 e. The molecular formula is C21H25N3O3. The highest BCUT2D eigenvalue weighted by molar-refractivity contribution is 6.08. The van der Waals surface area contributed by atoms with Gasteiger partial charge in [-0.2, -0.15) is 0 Å². The molecule has 0 aliphatic rings. The fraction of sp³-hybridized carbons (Fsp3) is 0.286. The Balaban J connectivity index is 1.86. The monoisotopic (exact) mass is 367 g/mol. The Hall–Kier alpha value is -3.15. The zero-order valence-corrected chi connectivity index (χ0v) is 16.1. The fourth-order valence-electron chi connectivity index (χ4n) is 2.45. The lowest BCUT2D eigenvalue weighted by Crippen LogP contribution is -2.21. The van der Waals surface area contributed by atoms with Crippen LogP contribution in [0.15, 0.2) is 48.5 Å². The summed E-state index contributed by atoms with van der Waals surface area (Å²) in [6.45, 7) is 7.78. The van der Waals surface area contributed by atoms with Crippen molar-refractivity contribution in [3.05, 3.63) is 54.1 Å². The summed E-state index contributed by atoms with van der Waals surface area (Å²) in [5.41, 5.74) is 3.05. The highest BCUT2D eigenvalue weighted by Crippen LogP contribution is 2.23. The topological polar surface area (TPSA) is 87.3 Å². The first kappa shape index (κ1) is 20.2. The van der Waals surface area contributed by atoms with Crippen molar-refractivity contribution in [1.82, 2.24) is 0 Å². The second-order valence-corrected chi connectivity index (χ2v) is 7.36. The van der Waals surface area contributed by atoms with Gasteiger partial charge in [0.2, 0.25) is 17.7 Å². The minimum absolute atomic E-state index is 0.0396. The third-order valence-electron chi connectivity index (χ3n) is 3.84. The Morgan fingerprint density at radius 3 is 1.44 bits per heavy atom. The van der Waals surface area contributed by atoms with Crippen molar-refractivity contribution in [2.24, 2.45) is 0 Å². The maximum atomic E-state index is 12.1. The largest absolute Gasteiger partial charge is 0.326 e. The molecule has 2 aromatic carbocycles. The number of hydrogen-bond donors (Lipinski definition) is 3. The number of carbonyl (C=O) groups excluding carboxylic acids is 3. The molecule has 2 aromatic rings. The van der Waals surface area contributed by atoms with Gasteiger partial charge in [-0.1, -0.05) is 32.9 Å². The van der Waals surface area contributed by atoms with Gasteiger partial charge >= 0.3 is 0 Å². The van der Waals surface area contributed by atoms with Gasteiger partial charge in [0, 0.05) is 24.0 Å². The number of rotatable bonds is 5. The first-order valence-corrected chi connectivity index (χ1v) is 8.71. The van der Waals surface area contributed by atoms with Gasteiger partial charge in [-0.15, -0.1) is 0 Å². The first-order valence-electron chi connectivity index (χ1n) is 8.71. The standard InChI is InChI=1S/C21H25N3O3/c1-14(25)22-16-9-11-18(12-10-16)24-20(27)13-19(26)23-17-7-5-15(6-8-17)21(2,3)4/h5-12H,13H2,1-4H3,(H,22,25)(H,23,26)(H,24,27). The summed E-state index contributed by atoms with van der Waals surface area (Å²) in [6.07, 6.45) is -0.283. The van der Waals surface area contributed by atoms with E-state index in [-0.39, 0.29) is 23.7 Å². The van der Waals surface area contributed by atoms with Crippen LogP contribution in [0.5, 0.6) is 0 Å². The molecule has 0 heterocycles. The van der Waals surface area contributed by atoms with Crippen LogP contribution in [0.3, 0.4) is 0 Å². The van der Waals surface area contributed by atoms with E-state index in [4.69, 9.17) is 0 Å². The number of nitrogens with one attached hydrogen (secondary N) is 3. The lowest BCUT2D eigenvalue weighted by atomic mass is 9.87. The van der Waals surface area contributed by atoms with E-state index in [0.717, 1.165) is 0 Å². The lowest BCUT2D eigenvalue weighted by molar-refractivity contribution is -0.123. The number of carbonyl (C=O) groups is 3. The van der Waals surface area contributed by atoms with Crippen LogP contribution >= 0.6 is 0 Å². The number of amides is 3. The van der Waals surface area contributed by atoms with E-state index in [0.29, 0.717) is 17.1 Å². The molecule has 0 spiro atoms. The van der Waals surface area contributed by atoms with E-state index in [9.17, 15) is 14.4 Å². The molecule has 6 heteroatoms. The molecule has 142 valence electrons. The van der Waals surface area contributed by atoms with Crippen LogP contribution in [-0.4, -0.2) is 17.7 Å². The predicted molar refractivity (Wildman–Crippen MR) is 108 cm³/mol. The van der Waals surface area contributed by atoms with Gasteiger partial charge in [0.15, 0.2) is 0 Å². The molecule has 0 fully saturated rings. The summed E-state index contributed by atoms with van der Waals surface area (Å²) in [6, 6.07) is 14.3. The molecule has 0 atom stereocenters. The molecule has 0 aliphatic heterocycles. The Morgan fingerprint density at radius 2 is 1.07 bits per heavy atom. The van der Waals surface area contributed by atoms with Gasteiger partial charge in [0.05, 0.1) is 0 Å². The van der Waals surface area contributed by atoms with E-state index in [1.165, 1.54) is 12.5 Å². The molecule has 2 rings (SSSR count). The quantitative estimate of drug-likeness (QED) is 0.700. The number of benzene rings is 2. The second kappa shape index (κ2) is 8.49. The van der Waals surface area contributed by atoms with Crippen molar-refractivity contribution >= 4 is 34.8 Å². The minimum Gasteiger partial charge on any atom is -0.326 e. The van der Waals surface area contributed by atoms with Gasteiger partial charge in [0.1, 0.15) is 6.42 Å². The van der Waals surface area contributed by atoms with Crippen LogP contribution in [0.25, 0.3) is 0 Å². The van der Waals surface area contributed by atoms with Crippen LogP contribution in [0.1, 0.15) is 39.7 Å². The Morgan fingerprint density at radius 1 is 0.704 bits per heavy atom. The molecule has 6 nitrogen and oxygen atoms in total. The van der Waals surface area contributed by atoms with E-state index in [2.05, 4.69) is 36.7 Å². The predicted octanol–water partition coefficient (Wildman–Crippen LogP) is 3.91. The first-order chi connectivity index (χ1) is 12.6. The molecule has 0 radical (unpaired) electrons. The van der Waals surface area contributed by atoms with E-state index in [1.807, 2.05) is 24.3 Å². The van der Waals surface area contributed by atoms with Crippen LogP contribution in [-0.2, 0) is 19.8 Å². The molecule has 27 heavy (non-hydrogen) atoms. The minimum atomic E-state index is -0.411. The van der Waals surface area contributed by atoms with Gasteiger partial charge in [-0.3, -0.25) is 14.4 Å².